The number of aliphatic hydroxyl groups excluding tert-OH is 10. The lowest BCUT2D eigenvalue weighted by Crippen LogP contribution is -2.68. The van der Waals surface area contributed by atoms with Gasteiger partial charge in [0, 0.05) is 10.8 Å². The number of hydrogen-bond acceptors (Lipinski definition) is 21. The summed E-state index contributed by atoms with van der Waals surface area (Å²) in [7, 11) is 0. The highest BCUT2D eigenvalue weighted by Gasteiger charge is 2.70. The smallest absolute Gasteiger partial charge is 0.335 e. The molecule has 1 unspecified atom stereocenters. The number of aliphatic carboxylic acids is 2. The summed E-state index contributed by atoms with van der Waals surface area (Å²) in [5.41, 5.74) is -0.811. The van der Waals surface area contributed by atoms with Crippen LogP contribution in [0.1, 0.15) is 120 Å². The molecule has 77 heavy (non-hydrogen) atoms. The molecule has 26 atom stereocenters. The Morgan fingerprint density at radius 2 is 1.25 bits per heavy atom. The molecular weight excluding hydrogens is 1020 g/mol. The zero-order chi connectivity index (χ0) is 56.4. The van der Waals surface area contributed by atoms with Crippen LogP contribution < -0.4 is 0 Å². The lowest BCUT2D eigenvalue weighted by molar-refractivity contribution is -0.394. The first-order chi connectivity index (χ1) is 35.9. The topological polar surface area (TPSA) is 368 Å². The molecule has 0 spiro atoms. The van der Waals surface area contributed by atoms with Crippen LogP contribution in [0.5, 0.6) is 0 Å². The molecule has 436 valence electrons. The van der Waals surface area contributed by atoms with Crippen LogP contribution in [0.2, 0.25) is 0 Å². The number of carbonyl (C=O) groups excluding carboxylic acids is 1. The molecule has 0 radical (unpaired) electrons. The lowest BCUT2D eigenvalue weighted by Gasteiger charge is -2.72. The van der Waals surface area contributed by atoms with Crippen molar-refractivity contribution < 1.29 is 114 Å². The van der Waals surface area contributed by atoms with Crippen LogP contribution in [0.25, 0.3) is 0 Å². The van der Waals surface area contributed by atoms with Gasteiger partial charge in [-0.05, 0) is 104 Å². The highest BCUT2D eigenvalue weighted by molar-refractivity contribution is 5.94. The molecule has 0 aromatic carbocycles. The number of carboxylic acids is 2. The zero-order valence-corrected chi connectivity index (χ0v) is 45.0. The van der Waals surface area contributed by atoms with Crippen molar-refractivity contribution in [2.75, 3.05) is 13.2 Å². The summed E-state index contributed by atoms with van der Waals surface area (Å²) in [6.45, 7) is 16.2. The van der Waals surface area contributed by atoms with Crippen molar-refractivity contribution in [3.63, 3.8) is 0 Å². The average molecular weight is 1100 g/mol. The van der Waals surface area contributed by atoms with E-state index in [0.29, 0.717) is 19.3 Å². The van der Waals surface area contributed by atoms with Crippen molar-refractivity contribution >= 4 is 17.7 Å². The second-order valence-electron chi connectivity index (χ2n) is 25.8. The first-order valence-corrected chi connectivity index (χ1v) is 27.2. The molecule has 4 aliphatic heterocycles. The largest absolute Gasteiger partial charge is 0.502 e. The normalized spacial score (nSPS) is 51.7. The molecule has 5 aliphatic carbocycles. The molecule has 9 rings (SSSR count). The van der Waals surface area contributed by atoms with Crippen molar-refractivity contribution in [1.82, 2.24) is 0 Å². The van der Waals surface area contributed by atoms with Gasteiger partial charge in [0.25, 0.3) is 0 Å². The minimum atomic E-state index is -2.23. The van der Waals surface area contributed by atoms with Gasteiger partial charge in [-0.1, -0.05) is 60.1 Å². The quantitative estimate of drug-likeness (QED) is 0.0954. The van der Waals surface area contributed by atoms with E-state index in [2.05, 4.69) is 47.6 Å². The Kier molecular flexibility index (Phi) is 15.8. The number of carbonyl (C=O) groups is 3. The number of fused-ring (bicyclic) bond motifs is 7. The van der Waals surface area contributed by atoms with E-state index in [1.807, 2.05) is 6.92 Å². The molecule has 4 saturated carbocycles. The van der Waals surface area contributed by atoms with Crippen LogP contribution >= 0.6 is 0 Å². The maximum atomic E-state index is 12.7. The van der Waals surface area contributed by atoms with E-state index in [9.17, 15) is 75.7 Å². The van der Waals surface area contributed by atoms with Crippen LogP contribution in [0.15, 0.2) is 23.2 Å². The second kappa shape index (κ2) is 20.8. The fourth-order valence-electron chi connectivity index (χ4n) is 16.3. The third-order valence-corrected chi connectivity index (χ3v) is 21.0. The number of Topliss-reactive ketones (excluding diaryl/α,β-unsaturated/α-hetero) is 1. The molecule has 4 heterocycles. The fourth-order valence-corrected chi connectivity index (χ4v) is 16.3. The summed E-state index contributed by atoms with van der Waals surface area (Å²) in [6, 6.07) is 0. The summed E-state index contributed by atoms with van der Waals surface area (Å²) < 4.78 is 48.3. The van der Waals surface area contributed by atoms with Gasteiger partial charge in [0.05, 0.1) is 31.8 Å². The number of allylic oxidation sites excluding steroid dienone is 4. The van der Waals surface area contributed by atoms with E-state index in [4.69, 9.17) is 37.9 Å². The van der Waals surface area contributed by atoms with Crippen molar-refractivity contribution in [3.8, 4) is 0 Å². The second-order valence-corrected chi connectivity index (χ2v) is 25.8. The SMILES string of the molecule is CC1=C(O)C(=O)CC(O[C@@H]2CC(C)(C)C[C@H]3C4=CC[C@@H]5[C@@]6(C)CC[C@H](O[C@@H]7O[C@H](C(=O)O)[C@@H](O)[C@H](O)[C@H]7O[C@@H]7O[C@H](C(=O)O)[C@@H](O)[C@H](O)[C@H]7O[C@@H]7O[C@H](CO)[C@@H](O)[C@H](O)[C@H]7O)[C@](C)(CO)[C@@H]6CC[C@@]5(C)[C@]4(C)CC[C@@]23C)O1. The first kappa shape index (κ1) is 58.7. The Balaban J connectivity index is 0.986. The minimum Gasteiger partial charge on any atom is -0.502 e. The molecular formula is C54H82O23. The number of rotatable bonds is 12. The van der Waals surface area contributed by atoms with Gasteiger partial charge in [-0.3, -0.25) is 4.79 Å². The van der Waals surface area contributed by atoms with Gasteiger partial charge in [-0.2, -0.15) is 0 Å². The van der Waals surface area contributed by atoms with Gasteiger partial charge in [0.2, 0.25) is 12.1 Å². The molecule has 0 aromatic heterocycles. The molecule has 3 saturated heterocycles. The van der Waals surface area contributed by atoms with Gasteiger partial charge < -0.3 is 99.2 Å². The molecule has 0 bridgehead atoms. The summed E-state index contributed by atoms with van der Waals surface area (Å²) in [4.78, 5) is 37.6. The van der Waals surface area contributed by atoms with Crippen molar-refractivity contribution in [1.29, 1.82) is 0 Å². The number of aliphatic hydroxyl groups is 10. The highest BCUT2D eigenvalue weighted by atomic mass is 16.8. The first-order valence-electron chi connectivity index (χ1n) is 27.2. The van der Waals surface area contributed by atoms with Gasteiger partial charge in [-0.25, -0.2) is 9.59 Å². The molecule has 23 nitrogen and oxygen atoms in total. The summed E-state index contributed by atoms with van der Waals surface area (Å²) >= 11 is 0. The Hall–Kier alpha value is -2.95. The third-order valence-electron chi connectivity index (χ3n) is 21.0. The van der Waals surface area contributed by atoms with E-state index in [0.717, 1.165) is 38.5 Å². The minimum absolute atomic E-state index is 0.0659. The molecule has 23 heteroatoms. The molecule has 12 N–H and O–H groups in total. The van der Waals surface area contributed by atoms with Crippen LogP contribution in [0.3, 0.4) is 0 Å². The van der Waals surface area contributed by atoms with Gasteiger partial charge in [0.1, 0.15) is 66.8 Å². The maximum Gasteiger partial charge on any atom is 0.335 e. The van der Waals surface area contributed by atoms with E-state index < -0.39 is 141 Å². The summed E-state index contributed by atoms with van der Waals surface area (Å²) in [5.74, 6) is -3.96. The number of ketones is 1. The van der Waals surface area contributed by atoms with E-state index in [1.54, 1.807) is 6.92 Å². The average Bonchev–Trinajstić information content (AvgIpc) is 3.36. The molecule has 9 aliphatic rings. The molecule has 7 fully saturated rings. The molecule has 0 aromatic rings. The predicted octanol–water partition coefficient (Wildman–Crippen LogP) is 0.899. The van der Waals surface area contributed by atoms with E-state index in [1.165, 1.54) is 5.57 Å². The van der Waals surface area contributed by atoms with Crippen molar-refractivity contribution in [3.05, 3.63) is 23.2 Å². The molecule has 0 amide bonds. The third kappa shape index (κ3) is 9.50. The monoisotopic (exact) mass is 1100 g/mol. The van der Waals surface area contributed by atoms with Gasteiger partial charge in [-0.15, -0.1) is 0 Å². The maximum absolute atomic E-state index is 12.7. The summed E-state index contributed by atoms with van der Waals surface area (Å²) in [5, 5.41) is 129. The number of ether oxygens (including phenoxy) is 8. The number of hydrogen-bond donors (Lipinski definition) is 12. The zero-order valence-electron chi connectivity index (χ0n) is 45.0. The van der Waals surface area contributed by atoms with E-state index >= 15 is 0 Å². The Bertz CT molecular complexity index is 2310. The van der Waals surface area contributed by atoms with Gasteiger partial charge >= 0.3 is 11.9 Å². The standard InChI is InChI=1S/C54H82O23/c1-22-32(58)25(57)17-31(70-22)72-30-19-49(2,3)18-24-23-9-10-28-51(5)13-12-29(52(6,21-56)27(51)11-14-54(28,8)53(23,7)16-15-50(24,30)4)73-47-42(37(63)35(61)40(74-47)44(66)67)77-48-43(38(64)36(62)41(75-48)45(68)69)76-46-39(65)34(60)33(59)26(20-55)71-46/h9,24,26-31,33-43,46-48,55-56,58-65H,10-21H2,1-8H3,(H,66,67)(H,68,69)/t24-,26+,27+,28+,29-,30+,31?,33+,34-,35-,36-,37-,38-,39+,40-,41-,42+,43+,46-,47+,48-,50+,51-,52+,53+,54+/m0/s1. The van der Waals surface area contributed by atoms with Gasteiger partial charge in [0.15, 0.2) is 36.8 Å². The van der Waals surface area contributed by atoms with Crippen molar-refractivity contribution in [2.45, 2.75) is 230 Å². The fraction of sp³-hybridized carbons (Fsp3) is 0.870. The van der Waals surface area contributed by atoms with Crippen LogP contribution in [-0.4, -0.2) is 203 Å². The van der Waals surface area contributed by atoms with Crippen LogP contribution in [0, 0.1) is 50.2 Å². The summed E-state index contributed by atoms with van der Waals surface area (Å²) in [6.07, 6.45) is -23.5. The Morgan fingerprint density at radius 1 is 0.649 bits per heavy atom. The predicted molar refractivity (Wildman–Crippen MR) is 261 cm³/mol. The highest BCUT2D eigenvalue weighted by Crippen LogP contribution is 2.76. The van der Waals surface area contributed by atoms with E-state index in [-0.39, 0.29) is 68.9 Å². The van der Waals surface area contributed by atoms with Crippen molar-refractivity contribution in [2.24, 2.45) is 50.2 Å². The van der Waals surface area contributed by atoms with Crippen LogP contribution in [0.4, 0.5) is 0 Å². The van der Waals surface area contributed by atoms with Crippen LogP contribution in [-0.2, 0) is 52.3 Å². The lowest BCUT2D eigenvalue weighted by atomic mass is 9.33. The Labute approximate surface area is 447 Å². The number of carboxylic acid groups (broad SMARTS) is 2. The Morgan fingerprint density at radius 3 is 1.82 bits per heavy atom.